The second kappa shape index (κ2) is 2.31. The third kappa shape index (κ3) is 1.20. The molecule has 1 aliphatic carbocycles. The van der Waals surface area contributed by atoms with Crippen molar-refractivity contribution in [3.63, 3.8) is 0 Å². The largest absolute Gasteiger partial charge is 0.305 e. The van der Waals surface area contributed by atoms with E-state index in [1.54, 1.807) is 6.08 Å². The summed E-state index contributed by atoms with van der Waals surface area (Å²) in [6, 6.07) is 0. The normalized spacial score (nSPS) is 29.8. The van der Waals surface area contributed by atoms with Gasteiger partial charge in [0, 0.05) is 13.1 Å². The lowest BCUT2D eigenvalue weighted by Gasteiger charge is -2.49. The van der Waals surface area contributed by atoms with Gasteiger partial charge in [-0.25, -0.2) is 4.39 Å². The van der Waals surface area contributed by atoms with Crippen LogP contribution in [0.3, 0.4) is 0 Å². The third-order valence-corrected chi connectivity index (χ3v) is 2.86. The first-order valence-corrected chi connectivity index (χ1v) is 4.23. The highest BCUT2D eigenvalue weighted by molar-refractivity contribution is 5.08. The van der Waals surface area contributed by atoms with Gasteiger partial charge in [-0.15, -0.1) is 0 Å². The lowest BCUT2D eigenvalue weighted by atomic mass is 9.71. The van der Waals surface area contributed by atoms with Crippen LogP contribution >= 0.6 is 0 Å². The molecule has 1 heterocycles. The molecule has 0 bridgehead atoms. The van der Waals surface area contributed by atoms with E-state index in [1.807, 2.05) is 0 Å². The maximum absolute atomic E-state index is 12.6. The third-order valence-electron chi connectivity index (χ3n) is 2.86. The summed E-state index contributed by atoms with van der Waals surface area (Å²) in [4.78, 5) is 2.30. The van der Waals surface area contributed by atoms with Crippen molar-refractivity contribution in [1.29, 1.82) is 0 Å². The summed E-state index contributed by atoms with van der Waals surface area (Å²) in [6.45, 7) is 2.33. The molecular weight excluding hydrogens is 141 g/mol. The van der Waals surface area contributed by atoms with Crippen LogP contribution < -0.4 is 0 Å². The predicted molar refractivity (Wildman–Crippen MR) is 43.0 cm³/mol. The summed E-state index contributed by atoms with van der Waals surface area (Å²) in [7, 11) is 2.12. The van der Waals surface area contributed by atoms with Crippen molar-refractivity contribution in [2.45, 2.75) is 19.3 Å². The number of rotatable bonds is 0. The summed E-state index contributed by atoms with van der Waals surface area (Å²) in [5.74, 6) is 0.102. The van der Waals surface area contributed by atoms with Crippen LogP contribution in [0.4, 0.5) is 4.39 Å². The van der Waals surface area contributed by atoms with Crippen molar-refractivity contribution in [1.82, 2.24) is 4.90 Å². The zero-order valence-electron chi connectivity index (χ0n) is 6.94. The molecule has 0 aromatic heterocycles. The molecule has 0 aromatic carbocycles. The Kier molecular flexibility index (Phi) is 1.53. The number of halogens is 1. The van der Waals surface area contributed by atoms with E-state index < -0.39 is 0 Å². The monoisotopic (exact) mass is 155 g/mol. The van der Waals surface area contributed by atoms with Gasteiger partial charge in [0.05, 0.1) is 5.83 Å². The first-order valence-electron chi connectivity index (χ1n) is 4.23. The van der Waals surface area contributed by atoms with Gasteiger partial charge in [-0.05, 0) is 31.7 Å². The van der Waals surface area contributed by atoms with Crippen molar-refractivity contribution < 1.29 is 4.39 Å². The van der Waals surface area contributed by atoms with E-state index in [4.69, 9.17) is 0 Å². The fourth-order valence-electron chi connectivity index (χ4n) is 2.30. The maximum Gasteiger partial charge on any atom is 0.0960 e. The smallest absolute Gasteiger partial charge is 0.0960 e. The lowest BCUT2D eigenvalue weighted by molar-refractivity contribution is 0.0111. The summed E-state index contributed by atoms with van der Waals surface area (Å²) in [5, 5.41) is 0. The Morgan fingerprint density at radius 1 is 1.55 bits per heavy atom. The molecule has 0 aromatic rings. The van der Waals surface area contributed by atoms with Gasteiger partial charge in [0.15, 0.2) is 0 Å². The number of allylic oxidation sites excluding steroid dienone is 2. The van der Waals surface area contributed by atoms with Crippen LogP contribution in [0, 0.1) is 5.41 Å². The van der Waals surface area contributed by atoms with E-state index in [0.29, 0.717) is 11.8 Å². The number of likely N-dealkylation sites (tertiary alicyclic amines) is 1. The van der Waals surface area contributed by atoms with Crippen LogP contribution in [0.15, 0.2) is 11.9 Å². The molecule has 0 atom stereocenters. The molecule has 2 aliphatic rings. The van der Waals surface area contributed by atoms with Gasteiger partial charge in [-0.1, -0.05) is 6.08 Å². The predicted octanol–water partition coefficient (Wildman–Crippen LogP) is 1.96. The van der Waals surface area contributed by atoms with Gasteiger partial charge in [0.2, 0.25) is 0 Å². The SMILES string of the molecule is CN1CC2(CC=C(F)CC2)C1. The van der Waals surface area contributed by atoms with Crippen LogP contribution in [-0.2, 0) is 0 Å². The van der Waals surface area contributed by atoms with E-state index in [-0.39, 0.29) is 5.83 Å². The van der Waals surface area contributed by atoms with Gasteiger partial charge in [-0.2, -0.15) is 0 Å². The van der Waals surface area contributed by atoms with E-state index in [0.717, 1.165) is 25.9 Å². The van der Waals surface area contributed by atoms with Gasteiger partial charge >= 0.3 is 0 Å². The van der Waals surface area contributed by atoms with Crippen LogP contribution in [0.5, 0.6) is 0 Å². The molecule has 0 unspecified atom stereocenters. The van der Waals surface area contributed by atoms with Crippen molar-refractivity contribution in [2.75, 3.05) is 20.1 Å². The van der Waals surface area contributed by atoms with E-state index in [9.17, 15) is 4.39 Å². The Morgan fingerprint density at radius 3 is 2.73 bits per heavy atom. The average molecular weight is 155 g/mol. The lowest BCUT2D eigenvalue weighted by Crippen LogP contribution is -2.54. The number of hydrogen-bond acceptors (Lipinski definition) is 1. The minimum atomic E-state index is 0.102. The summed E-state index contributed by atoms with van der Waals surface area (Å²) >= 11 is 0. The molecule has 2 heteroatoms. The minimum absolute atomic E-state index is 0.102. The van der Waals surface area contributed by atoms with Crippen LogP contribution in [0.25, 0.3) is 0 Å². The van der Waals surface area contributed by atoms with Crippen molar-refractivity contribution in [3.05, 3.63) is 11.9 Å². The topological polar surface area (TPSA) is 3.24 Å². The molecule has 0 N–H and O–H groups in total. The maximum atomic E-state index is 12.6. The van der Waals surface area contributed by atoms with Crippen molar-refractivity contribution in [3.8, 4) is 0 Å². The zero-order valence-corrected chi connectivity index (χ0v) is 6.94. The van der Waals surface area contributed by atoms with Gasteiger partial charge in [-0.3, -0.25) is 0 Å². The zero-order chi connectivity index (χ0) is 7.90. The first kappa shape index (κ1) is 7.29. The Hall–Kier alpha value is -0.370. The molecule has 1 fully saturated rings. The van der Waals surface area contributed by atoms with E-state index in [2.05, 4.69) is 11.9 Å². The molecule has 2 rings (SSSR count). The molecule has 1 aliphatic heterocycles. The first-order chi connectivity index (χ1) is 5.20. The molecule has 0 radical (unpaired) electrons. The van der Waals surface area contributed by atoms with Crippen LogP contribution in [0.1, 0.15) is 19.3 Å². The van der Waals surface area contributed by atoms with Crippen LogP contribution in [0.2, 0.25) is 0 Å². The van der Waals surface area contributed by atoms with Crippen molar-refractivity contribution >= 4 is 0 Å². The molecule has 1 spiro atoms. The van der Waals surface area contributed by atoms with Gasteiger partial charge < -0.3 is 4.90 Å². The van der Waals surface area contributed by atoms with Gasteiger partial charge in [0.25, 0.3) is 0 Å². The van der Waals surface area contributed by atoms with E-state index in [1.165, 1.54) is 0 Å². The fraction of sp³-hybridized carbons (Fsp3) is 0.778. The Morgan fingerprint density at radius 2 is 2.27 bits per heavy atom. The molecule has 0 amide bonds. The standard InChI is InChI=1S/C9H14FN/c1-11-6-9(7-11)4-2-8(10)3-5-9/h2H,3-7H2,1H3. The molecular formula is C9H14FN. The summed E-state index contributed by atoms with van der Waals surface area (Å²) in [5.41, 5.74) is 0.463. The van der Waals surface area contributed by atoms with E-state index >= 15 is 0 Å². The van der Waals surface area contributed by atoms with Crippen molar-refractivity contribution in [2.24, 2.45) is 5.41 Å². The second-order valence-electron chi connectivity index (χ2n) is 4.03. The highest BCUT2D eigenvalue weighted by Gasteiger charge is 2.41. The van der Waals surface area contributed by atoms with Crippen LogP contribution in [-0.4, -0.2) is 25.0 Å². The second-order valence-corrected chi connectivity index (χ2v) is 4.03. The molecule has 1 saturated heterocycles. The highest BCUT2D eigenvalue weighted by Crippen LogP contribution is 2.42. The Labute approximate surface area is 66.9 Å². The fourth-order valence-corrected chi connectivity index (χ4v) is 2.30. The minimum Gasteiger partial charge on any atom is -0.305 e. The Balaban J connectivity index is 1.99. The number of hydrogen-bond donors (Lipinski definition) is 0. The number of nitrogens with zero attached hydrogens (tertiary/aromatic N) is 1. The quantitative estimate of drug-likeness (QED) is 0.517. The molecule has 0 saturated carbocycles. The summed E-state index contributed by atoms with van der Waals surface area (Å²) in [6.07, 6.45) is 4.47. The Bertz CT molecular complexity index is 192. The molecule has 11 heavy (non-hydrogen) atoms. The molecule has 1 nitrogen and oxygen atoms in total. The highest BCUT2D eigenvalue weighted by atomic mass is 19.1. The molecule has 62 valence electrons. The summed E-state index contributed by atoms with van der Waals surface area (Å²) < 4.78 is 12.6. The average Bonchev–Trinajstić information content (AvgIpc) is 1.92. The van der Waals surface area contributed by atoms with Gasteiger partial charge in [0.1, 0.15) is 0 Å².